The van der Waals surface area contributed by atoms with Crippen LogP contribution in [0, 0.1) is 11.3 Å². The van der Waals surface area contributed by atoms with Crippen LogP contribution in [0.5, 0.6) is 5.75 Å². The van der Waals surface area contributed by atoms with Gasteiger partial charge >= 0.3 is 12.6 Å². The molecule has 0 bridgehead atoms. The zero-order valence-corrected chi connectivity index (χ0v) is 8.48. The number of rotatable bonds is 4. The molecule has 0 aromatic heterocycles. The van der Waals surface area contributed by atoms with Crippen LogP contribution in [-0.2, 0) is 6.54 Å². The average Bonchev–Trinajstić information content (AvgIpc) is 2.26. The standard InChI is InChI=1S/C10H8F2N2O3/c11-10(12)17-7-2-5(3-13)1-6(4-14)8(7)9(15)16/h1-2,10H,4,14H2,(H,15,16). The topological polar surface area (TPSA) is 96.3 Å². The molecule has 17 heavy (non-hydrogen) atoms. The van der Waals surface area contributed by atoms with Crippen LogP contribution in [0.1, 0.15) is 21.5 Å². The summed E-state index contributed by atoms with van der Waals surface area (Å²) in [6, 6.07) is 3.87. The fourth-order valence-corrected chi connectivity index (χ4v) is 1.33. The Hall–Kier alpha value is -2.20. The zero-order chi connectivity index (χ0) is 13.0. The van der Waals surface area contributed by atoms with Crippen LogP contribution in [0.3, 0.4) is 0 Å². The summed E-state index contributed by atoms with van der Waals surface area (Å²) in [6.07, 6.45) is 0. The first kappa shape index (κ1) is 12.9. The van der Waals surface area contributed by atoms with Gasteiger partial charge in [-0.3, -0.25) is 0 Å². The minimum atomic E-state index is -3.17. The number of benzene rings is 1. The van der Waals surface area contributed by atoms with Crippen LogP contribution in [0.4, 0.5) is 8.78 Å². The quantitative estimate of drug-likeness (QED) is 0.829. The Kier molecular flexibility index (Phi) is 3.96. The Labute approximate surface area is 95.0 Å². The van der Waals surface area contributed by atoms with Gasteiger partial charge in [-0.15, -0.1) is 0 Å². The summed E-state index contributed by atoms with van der Waals surface area (Å²) in [5.74, 6) is -2.00. The number of nitrogens with zero attached hydrogens (tertiary/aromatic N) is 1. The van der Waals surface area contributed by atoms with E-state index in [1.54, 1.807) is 6.07 Å². The fourth-order valence-electron chi connectivity index (χ4n) is 1.33. The van der Waals surface area contributed by atoms with Crippen molar-refractivity contribution in [1.82, 2.24) is 0 Å². The van der Waals surface area contributed by atoms with Crippen LogP contribution < -0.4 is 10.5 Å². The largest absolute Gasteiger partial charge is 0.478 e. The molecule has 5 nitrogen and oxygen atoms in total. The third kappa shape index (κ3) is 2.89. The van der Waals surface area contributed by atoms with Crippen LogP contribution in [-0.4, -0.2) is 17.7 Å². The monoisotopic (exact) mass is 242 g/mol. The lowest BCUT2D eigenvalue weighted by Gasteiger charge is -2.11. The van der Waals surface area contributed by atoms with Gasteiger partial charge in [-0.1, -0.05) is 0 Å². The maximum Gasteiger partial charge on any atom is 0.387 e. The number of nitriles is 1. The Balaban J connectivity index is 3.41. The minimum absolute atomic E-state index is 0.00565. The molecule has 0 amide bonds. The van der Waals surface area contributed by atoms with Crippen molar-refractivity contribution in [1.29, 1.82) is 5.26 Å². The molecule has 0 aliphatic rings. The SMILES string of the molecule is N#Cc1cc(CN)c(C(=O)O)c(OC(F)F)c1. The van der Waals surface area contributed by atoms with Crippen molar-refractivity contribution >= 4 is 5.97 Å². The highest BCUT2D eigenvalue weighted by Crippen LogP contribution is 2.26. The zero-order valence-electron chi connectivity index (χ0n) is 8.48. The summed E-state index contributed by atoms with van der Waals surface area (Å²) >= 11 is 0. The lowest BCUT2D eigenvalue weighted by molar-refractivity contribution is -0.0503. The highest BCUT2D eigenvalue weighted by atomic mass is 19.3. The summed E-state index contributed by atoms with van der Waals surface area (Å²) in [4.78, 5) is 10.9. The molecule has 1 rings (SSSR count). The maximum atomic E-state index is 12.1. The number of ether oxygens (including phenoxy) is 1. The first-order chi connectivity index (χ1) is 7.99. The van der Waals surface area contributed by atoms with Gasteiger partial charge in [0.25, 0.3) is 0 Å². The third-order valence-electron chi connectivity index (χ3n) is 1.96. The molecule has 3 N–H and O–H groups in total. The van der Waals surface area contributed by atoms with Gasteiger partial charge in [0, 0.05) is 6.54 Å². The summed E-state index contributed by atoms with van der Waals surface area (Å²) < 4.78 is 28.3. The normalized spacial score (nSPS) is 10.1. The molecule has 0 aliphatic carbocycles. The molecule has 1 aromatic carbocycles. The van der Waals surface area contributed by atoms with Gasteiger partial charge in [-0.05, 0) is 17.7 Å². The first-order valence-electron chi connectivity index (χ1n) is 4.44. The number of aromatic carboxylic acids is 1. The smallest absolute Gasteiger partial charge is 0.387 e. The van der Waals surface area contributed by atoms with Crippen molar-refractivity contribution in [3.63, 3.8) is 0 Å². The summed E-state index contributed by atoms with van der Waals surface area (Å²) in [5.41, 5.74) is 4.91. The molecule has 0 aliphatic heterocycles. The Bertz CT molecular complexity index is 483. The van der Waals surface area contributed by atoms with Gasteiger partial charge in [0.1, 0.15) is 11.3 Å². The molecule has 0 radical (unpaired) electrons. The van der Waals surface area contributed by atoms with E-state index in [-0.39, 0.29) is 17.7 Å². The van der Waals surface area contributed by atoms with E-state index in [1.807, 2.05) is 0 Å². The van der Waals surface area contributed by atoms with E-state index in [0.717, 1.165) is 6.07 Å². The van der Waals surface area contributed by atoms with Crippen molar-refractivity contribution < 1.29 is 23.4 Å². The lowest BCUT2D eigenvalue weighted by Crippen LogP contribution is -2.13. The van der Waals surface area contributed by atoms with Crippen molar-refractivity contribution in [2.24, 2.45) is 5.73 Å². The molecule has 0 spiro atoms. The highest BCUT2D eigenvalue weighted by Gasteiger charge is 2.20. The van der Waals surface area contributed by atoms with E-state index < -0.39 is 23.9 Å². The molecule has 90 valence electrons. The minimum Gasteiger partial charge on any atom is -0.478 e. The molecule has 0 heterocycles. The number of carboxylic acid groups (broad SMARTS) is 1. The second kappa shape index (κ2) is 5.23. The number of hydrogen-bond donors (Lipinski definition) is 2. The van der Waals surface area contributed by atoms with E-state index in [1.165, 1.54) is 6.07 Å². The van der Waals surface area contributed by atoms with E-state index >= 15 is 0 Å². The average molecular weight is 242 g/mol. The molecule has 1 aromatic rings. The van der Waals surface area contributed by atoms with Gasteiger partial charge < -0.3 is 15.6 Å². The summed E-state index contributed by atoms with van der Waals surface area (Å²) in [7, 11) is 0. The maximum absolute atomic E-state index is 12.1. The Morgan fingerprint density at radius 3 is 2.65 bits per heavy atom. The van der Waals surface area contributed by atoms with Gasteiger partial charge in [-0.2, -0.15) is 14.0 Å². The molecular weight excluding hydrogens is 234 g/mol. The molecular formula is C10H8F2N2O3. The van der Waals surface area contributed by atoms with Crippen LogP contribution in [0.2, 0.25) is 0 Å². The Morgan fingerprint density at radius 1 is 1.59 bits per heavy atom. The van der Waals surface area contributed by atoms with E-state index in [4.69, 9.17) is 16.1 Å². The van der Waals surface area contributed by atoms with Crippen LogP contribution in [0.25, 0.3) is 0 Å². The molecule has 0 saturated heterocycles. The first-order valence-corrected chi connectivity index (χ1v) is 4.44. The van der Waals surface area contributed by atoms with Gasteiger partial charge in [-0.25, -0.2) is 4.79 Å². The predicted molar refractivity (Wildman–Crippen MR) is 52.6 cm³/mol. The summed E-state index contributed by atoms with van der Waals surface area (Å²) in [6.45, 7) is -3.37. The molecule has 0 fully saturated rings. The fraction of sp³-hybridized carbons (Fsp3) is 0.200. The molecule has 7 heteroatoms. The number of carbonyl (C=O) groups is 1. The Morgan fingerprint density at radius 2 is 2.24 bits per heavy atom. The number of carboxylic acids is 1. The van der Waals surface area contributed by atoms with Crippen molar-refractivity contribution in [3.05, 3.63) is 28.8 Å². The summed E-state index contributed by atoms with van der Waals surface area (Å²) in [5, 5.41) is 17.6. The number of nitrogens with two attached hydrogens (primary N) is 1. The number of hydrogen-bond acceptors (Lipinski definition) is 4. The van der Waals surface area contributed by atoms with E-state index in [9.17, 15) is 13.6 Å². The van der Waals surface area contributed by atoms with Crippen LogP contribution in [0.15, 0.2) is 12.1 Å². The number of alkyl halides is 2. The van der Waals surface area contributed by atoms with Crippen molar-refractivity contribution in [3.8, 4) is 11.8 Å². The second-order valence-electron chi connectivity index (χ2n) is 3.01. The van der Waals surface area contributed by atoms with Crippen LogP contribution >= 0.6 is 0 Å². The van der Waals surface area contributed by atoms with Crippen molar-refractivity contribution in [2.75, 3.05) is 0 Å². The van der Waals surface area contributed by atoms with Gasteiger partial charge in [0.2, 0.25) is 0 Å². The van der Waals surface area contributed by atoms with Crippen molar-refractivity contribution in [2.45, 2.75) is 13.2 Å². The number of halogens is 2. The molecule has 0 atom stereocenters. The van der Waals surface area contributed by atoms with E-state index in [0.29, 0.717) is 0 Å². The van der Waals surface area contributed by atoms with Gasteiger partial charge in [0.15, 0.2) is 0 Å². The molecule has 0 unspecified atom stereocenters. The highest BCUT2D eigenvalue weighted by molar-refractivity contribution is 5.93. The van der Waals surface area contributed by atoms with Gasteiger partial charge in [0.05, 0.1) is 11.6 Å². The molecule has 0 saturated carbocycles. The van der Waals surface area contributed by atoms with E-state index in [2.05, 4.69) is 4.74 Å². The third-order valence-corrected chi connectivity index (χ3v) is 1.96. The second-order valence-corrected chi connectivity index (χ2v) is 3.01. The lowest BCUT2D eigenvalue weighted by atomic mass is 10.0. The predicted octanol–water partition coefficient (Wildman–Crippen LogP) is 1.32.